The lowest BCUT2D eigenvalue weighted by Gasteiger charge is -2.10. The van der Waals surface area contributed by atoms with Crippen LogP contribution in [0.1, 0.15) is 22.8 Å². The summed E-state index contributed by atoms with van der Waals surface area (Å²) < 4.78 is 1.81. The predicted molar refractivity (Wildman–Crippen MR) is 91.8 cm³/mol. The molecular weight excluding hydrogens is 288 g/mol. The Labute approximate surface area is 134 Å². The summed E-state index contributed by atoms with van der Waals surface area (Å²) in [7, 11) is 0. The van der Waals surface area contributed by atoms with Gasteiger partial charge in [0.25, 0.3) is 0 Å². The molecule has 0 atom stereocenters. The summed E-state index contributed by atoms with van der Waals surface area (Å²) in [6.45, 7) is 2.23. The molecule has 4 heteroatoms. The molecule has 0 bridgehead atoms. The van der Waals surface area contributed by atoms with Crippen LogP contribution in [-0.4, -0.2) is 16.8 Å². The minimum Gasteiger partial charge on any atom is -0.337 e. The zero-order valence-corrected chi connectivity index (χ0v) is 13.0. The van der Waals surface area contributed by atoms with Crippen LogP contribution in [0.2, 0.25) is 0 Å². The molecule has 0 spiro atoms. The van der Waals surface area contributed by atoms with Gasteiger partial charge in [-0.15, -0.1) is 0 Å². The van der Waals surface area contributed by atoms with Gasteiger partial charge in [0, 0.05) is 28.4 Å². The summed E-state index contributed by atoms with van der Waals surface area (Å²) in [6, 6.07) is 15.4. The minimum atomic E-state index is -0.107. The smallest absolute Gasteiger partial charge is 0.244 e. The number of rotatable bonds is 5. The number of aryl methyl sites for hydroxylation is 1. The van der Waals surface area contributed by atoms with E-state index in [4.69, 9.17) is 0 Å². The van der Waals surface area contributed by atoms with Gasteiger partial charge in [0.15, 0.2) is 6.29 Å². The summed E-state index contributed by atoms with van der Waals surface area (Å²) in [4.78, 5) is 23.6. The lowest BCUT2D eigenvalue weighted by Crippen LogP contribution is -2.19. The van der Waals surface area contributed by atoms with Crippen molar-refractivity contribution in [3.05, 3.63) is 65.9 Å². The highest BCUT2D eigenvalue weighted by atomic mass is 16.2. The number of hydrogen-bond acceptors (Lipinski definition) is 2. The lowest BCUT2D eigenvalue weighted by molar-refractivity contribution is -0.116. The van der Waals surface area contributed by atoms with Gasteiger partial charge in [-0.2, -0.15) is 0 Å². The fourth-order valence-electron chi connectivity index (χ4n) is 2.79. The minimum absolute atomic E-state index is 0.107. The second kappa shape index (κ2) is 6.48. The van der Waals surface area contributed by atoms with E-state index >= 15 is 0 Å². The van der Waals surface area contributed by atoms with Crippen molar-refractivity contribution in [3.63, 3.8) is 0 Å². The molecule has 0 aliphatic rings. The number of nitrogens with zero attached hydrogens (tertiary/aromatic N) is 1. The number of benzene rings is 2. The number of fused-ring (bicyclic) bond motifs is 1. The number of carbonyl (C=O) groups is 2. The van der Waals surface area contributed by atoms with Gasteiger partial charge in [-0.1, -0.05) is 43.3 Å². The van der Waals surface area contributed by atoms with E-state index in [1.807, 2.05) is 53.1 Å². The van der Waals surface area contributed by atoms with Crippen LogP contribution < -0.4 is 5.32 Å². The average Bonchev–Trinajstić information content (AvgIpc) is 2.93. The summed E-state index contributed by atoms with van der Waals surface area (Å²) in [5.41, 5.74) is 3.43. The van der Waals surface area contributed by atoms with E-state index in [9.17, 15) is 9.59 Å². The molecule has 1 aromatic heterocycles. The lowest BCUT2D eigenvalue weighted by atomic mass is 10.1. The topological polar surface area (TPSA) is 51.1 Å². The van der Waals surface area contributed by atoms with E-state index in [-0.39, 0.29) is 12.5 Å². The number of aromatic nitrogens is 1. The summed E-state index contributed by atoms with van der Waals surface area (Å²) in [5.74, 6) is -0.107. The van der Waals surface area contributed by atoms with Gasteiger partial charge in [-0.05, 0) is 24.1 Å². The number of para-hydroxylation sites is 2. The standard InChI is InChI=1S/C19H18N2O2/c1-2-14-7-3-5-9-17(14)20-19(23)12-21-11-15(13-22)16-8-4-6-10-18(16)21/h3-11,13H,2,12H2,1H3,(H,20,23). The number of aldehydes is 1. The van der Waals surface area contributed by atoms with Gasteiger partial charge in [0.05, 0.1) is 0 Å². The maximum Gasteiger partial charge on any atom is 0.244 e. The highest BCUT2D eigenvalue weighted by Crippen LogP contribution is 2.20. The van der Waals surface area contributed by atoms with Crippen LogP contribution in [0.3, 0.4) is 0 Å². The molecule has 3 aromatic rings. The molecule has 0 saturated heterocycles. The highest BCUT2D eigenvalue weighted by molar-refractivity contribution is 5.99. The molecule has 2 aromatic carbocycles. The van der Waals surface area contributed by atoms with Gasteiger partial charge < -0.3 is 9.88 Å². The van der Waals surface area contributed by atoms with E-state index in [2.05, 4.69) is 12.2 Å². The molecule has 1 N–H and O–H groups in total. The molecular formula is C19H18N2O2. The van der Waals surface area contributed by atoms with E-state index < -0.39 is 0 Å². The fraction of sp³-hybridized carbons (Fsp3) is 0.158. The average molecular weight is 306 g/mol. The molecule has 0 aliphatic heterocycles. The first-order valence-corrected chi connectivity index (χ1v) is 7.63. The quantitative estimate of drug-likeness (QED) is 0.731. The Morgan fingerprint density at radius 3 is 2.65 bits per heavy atom. The normalized spacial score (nSPS) is 10.7. The number of amides is 1. The first-order valence-electron chi connectivity index (χ1n) is 7.63. The van der Waals surface area contributed by atoms with Crippen molar-refractivity contribution in [2.24, 2.45) is 0 Å². The molecule has 0 aliphatic carbocycles. The Hall–Kier alpha value is -2.88. The zero-order chi connectivity index (χ0) is 16.2. The molecule has 3 rings (SSSR count). The predicted octanol–water partition coefficient (Wildman–Crippen LogP) is 3.65. The molecule has 1 heterocycles. The summed E-state index contributed by atoms with van der Waals surface area (Å²) in [6.07, 6.45) is 3.41. The number of nitrogens with one attached hydrogen (secondary N) is 1. The Bertz CT molecular complexity index is 865. The number of anilines is 1. The molecule has 116 valence electrons. The molecule has 23 heavy (non-hydrogen) atoms. The Kier molecular flexibility index (Phi) is 4.24. The first-order chi connectivity index (χ1) is 11.2. The largest absolute Gasteiger partial charge is 0.337 e. The van der Waals surface area contributed by atoms with Crippen LogP contribution in [0.4, 0.5) is 5.69 Å². The van der Waals surface area contributed by atoms with Gasteiger partial charge >= 0.3 is 0 Å². The summed E-state index contributed by atoms with van der Waals surface area (Å²) >= 11 is 0. The van der Waals surface area contributed by atoms with Crippen LogP contribution >= 0.6 is 0 Å². The highest BCUT2D eigenvalue weighted by Gasteiger charge is 2.11. The van der Waals surface area contributed by atoms with E-state index in [0.717, 1.165) is 34.9 Å². The van der Waals surface area contributed by atoms with Gasteiger partial charge in [-0.25, -0.2) is 0 Å². The van der Waals surface area contributed by atoms with Crippen molar-refractivity contribution in [3.8, 4) is 0 Å². The van der Waals surface area contributed by atoms with Crippen molar-refractivity contribution in [2.45, 2.75) is 19.9 Å². The van der Waals surface area contributed by atoms with Gasteiger partial charge in [0.2, 0.25) is 5.91 Å². The SMILES string of the molecule is CCc1ccccc1NC(=O)Cn1cc(C=O)c2ccccc21. The van der Waals surface area contributed by atoms with Crippen molar-refractivity contribution < 1.29 is 9.59 Å². The molecule has 4 nitrogen and oxygen atoms in total. The zero-order valence-electron chi connectivity index (χ0n) is 13.0. The fourth-order valence-corrected chi connectivity index (χ4v) is 2.79. The molecule has 0 radical (unpaired) electrons. The molecule has 0 fully saturated rings. The van der Waals surface area contributed by atoms with Crippen molar-refractivity contribution in [1.82, 2.24) is 4.57 Å². The maximum absolute atomic E-state index is 12.4. The van der Waals surface area contributed by atoms with E-state index in [1.165, 1.54) is 0 Å². The van der Waals surface area contributed by atoms with E-state index in [0.29, 0.717) is 5.56 Å². The third-order valence-corrected chi connectivity index (χ3v) is 3.93. The van der Waals surface area contributed by atoms with Crippen LogP contribution in [0.25, 0.3) is 10.9 Å². The first kappa shape index (κ1) is 15.0. The number of hydrogen-bond donors (Lipinski definition) is 1. The third-order valence-electron chi connectivity index (χ3n) is 3.93. The van der Waals surface area contributed by atoms with Crippen molar-refractivity contribution >= 4 is 28.8 Å². The van der Waals surface area contributed by atoms with Crippen LogP contribution in [0.5, 0.6) is 0 Å². The van der Waals surface area contributed by atoms with Gasteiger partial charge in [-0.3, -0.25) is 9.59 Å². The molecule has 1 amide bonds. The monoisotopic (exact) mass is 306 g/mol. The number of carbonyl (C=O) groups excluding carboxylic acids is 2. The van der Waals surface area contributed by atoms with Crippen LogP contribution in [0, 0.1) is 0 Å². The Morgan fingerprint density at radius 1 is 1.13 bits per heavy atom. The van der Waals surface area contributed by atoms with Gasteiger partial charge in [0.1, 0.15) is 6.54 Å². The third kappa shape index (κ3) is 3.01. The Morgan fingerprint density at radius 2 is 1.87 bits per heavy atom. The van der Waals surface area contributed by atoms with Crippen molar-refractivity contribution in [2.75, 3.05) is 5.32 Å². The maximum atomic E-state index is 12.4. The second-order valence-electron chi connectivity index (χ2n) is 5.41. The molecule has 0 unspecified atom stereocenters. The molecule has 0 saturated carbocycles. The van der Waals surface area contributed by atoms with Crippen LogP contribution in [0.15, 0.2) is 54.7 Å². The van der Waals surface area contributed by atoms with E-state index in [1.54, 1.807) is 6.20 Å². The Balaban J connectivity index is 1.85. The second-order valence-corrected chi connectivity index (χ2v) is 5.41. The summed E-state index contributed by atoms with van der Waals surface area (Å²) in [5, 5.41) is 3.82. The van der Waals surface area contributed by atoms with Crippen LogP contribution in [-0.2, 0) is 17.8 Å². The van der Waals surface area contributed by atoms with Crippen molar-refractivity contribution in [1.29, 1.82) is 0 Å².